The SMILES string of the molecule is Cc1cccc(-c2nc(-c3cccc(C)c3C)c3ccccc3n2)n1. The number of hydrogen-bond acceptors (Lipinski definition) is 3. The molecule has 0 saturated heterocycles. The zero-order chi connectivity index (χ0) is 17.4. The van der Waals surface area contributed by atoms with Crippen LogP contribution in [0.2, 0.25) is 0 Å². The molecule has 0 N–H and O–H groups in total. The van der Waals surface area contributed by atoms with Gasteiger partial charge in [-0.1, -0.05) is 42.5 Å². The van der Waals surface area contributed by atoms with E-state index in [0.29, 0.717) is 5.82 Å². The Bertz CT molecular complexity index is 1080. The maximum absolute atomic E-state index is 4.91. The molecule has 4 rings (SSSR count). The van der Waals surface area contributed by atoms with Crippen molar-refractivity contribution < 1.29 is 0 Å². The van der Waals surface area contributed by atoms with E-state index in [9.17, 15) is 0 Å². The summed E-state index contributed by atoms with van der Waals surface area (Å²) in [5.41, 5.74) is 7.31. The molecule has 25 heavy (non-hydrogen) atoms. The van der Waals surface area contributed by atoms with E-state index in [4.69, 9.17) is 9.97 Å². The molecule has 0 aliphatic carbocycles. The minimum Gasteiger partial charge on any atom is -0.250 e. The predicted octanol–water partition coefficient (Wildman–Crippen LogP) is 5.28. The standard InChI is InChI=1S/C22H19N3/c1-14-8-6-11-17(16(14)3)21-18-10-4-5-12-19(18)24-22(25-21)20-13-7-9-15(2)23-20/h4-13H,1-3H3. The first-order valence-corrected chi connectivity index (χ1v) is 8.41. The normalized spacial score (nSPS) is 11.0. The average molecular weight is 325 g/mol. The Kier molecular flexibility index (Phi) is 3.77. The summed E-state index contributed by atoms with van der Waals surface area (Å²) in [6.07, 6.45) is 0. The summed E-state index contributed by atoms with van der Waals surface area (Å²) in [4.78, 5) is 14.3. The van der Waals surface area contributed by atoms with Gasteiger partial charge < -0.3 is 0 Å². The van der Waals surface area contributed by atoms with Gasteiger partial charge >= 0.3 is 0 Å². The fourth-order valence-electron chi connectivity index (χ4n) is 3.07. The van der Waals surface area contributed by atoms with Crippen LogP contribution in [0.3, 0.4) is 0 Å². The lowest BCUT2D eigenvalue weighted by Gasteiger charge is -2.12. The van der Waals surface area contributed by atoms with Gasteiger partial charge in [0.2, 0.25) is 0 Å². The Morgan fingerprint density at radius 3 is 2.32 bits per heavy atom. The minimum atomic E-state index is 0.665. The largest absolute Gasteiger partial charge is 0.250 e. The van der Waals surface area contributed by atoms with Crippen LogP contribution in [-0.2, 0) is 0 Å². The van der Waals surface area contributed by atoms with E-state index >= 15 is 0 Å². The van der Waals surface area contributed by atoms with Gasteiger partial charge in [-0.3, -0.25) is 0 Å². The van der Waals surface area contributed by atoms with Gasteiger partial charge in [-0.25, -0.2) is 15.0 Å². The Morgan fingerprint density at radius 1 is 0.680 bits per heavy atom. The molecule has 4 aromatic rings. The number of nitrogens with zero attached hydrogens (tertiary/aromatic N) is 3. The van der Waals surface area contributed by atoms with Crippen LogP contribution < -0.4 is 0 Å². The predicted molar refractivity (Wildman–Crippen MR) is 102 cm³/mol. The summed E-state index contributed by atoms with van der Waals surface area (Å²) in [6.45, 7) is 6.26. The van der Waals surface area contributed by atoms with Gasteiger partial charge in [0.15, 0.2) is 5.82 Å². The van der Waals surface area contributed by atoms with E-state index in [-0.39, 0.29) is 0 Å². The average Bonchev–Trinajstić information content (AvgIpc) is 2.63. The Morgan fingerprint density at radius 2 is 1.48 bits per heavy atom. The maximum atomic E-state index is 4.91. The topological polar surface area (TPSA) is 38.7 Å². The highest BCUT2D eigenvalue weighted by Crippen LogP contribution is 2.31. The minimum absolute atomic E-state index is 0.665. The first-order chi connectivity index (χ1) is 12.1. The van der Waals surface area contributed by atoms with Gasteiger partial charge in [-0.2, -0.15) is 0 Å². The molecule has 0 saturated carbocycles. The van der Waals surface area contributed by atoms with Crippen molar-refractivity contribution in [3.05, 3.63) is 77.5 Å². The number of aryl methyl sites for hydroxylation is 2. The molecule has 2 aromatic heterocycles. The van der Waals surface area contributed by atoms with Crippen molar-refractivity contribution >= 4 is 10.9 Å². The molecule has 0 amide bonds. The molecule has 0 unspecified atom stereocenters. The van der Waals surface area contributed by atoms with Crippen LogP contribution in [0.25, 0.3) is 33.7 Å². The maximum Gasteiger partial charge on any atom is 0.179 e. The molecule has 2 aromatic carbocycles. The van der Waals surface area contributed by atoms with E-state index in [1.807, 2.05) is 43.3 Å². The molecule has 0 bridgehead atoms. The molecule has 0 aliphatic heterocycles. The van der Waals surface area contributed by atoms with E-state index in [1.165, 1.54) is 11.1 Å². The first-order valence-electron chi connectivity index (χ1n) is 8.41. The summed E-state index contributed by atoms with van der Waals surface area (Å²) in [5.74, 6) is 0.665. The smallest absolute Gasteiger partial charge is 0.179 e. The quantitative estimate of drug-likeness (QED) is 0.503. The Balaban J connectivity index is 2.04. The summed E-state index contributed by atoms with van der Waals surface area (Å²) in [6, 6.07) is 20.4. The monoisotopic (exact) mass is 325 g/mol. The van der Waals surface area contributed by atoms with Crippen molar-refractivity contribution in [2.75, 3.05) is 0 Å². The lowest BCUT2D eigenvalue weighted by Crippen LogP contribution is -1.98. The molecule has 0 aliphatic rings. The van der Waals surface area contributed by atoms with E-state index in [1.54, 1.807) is 0 Å². The van der Waals surface area contributed by atoms with Crippen LogP contribution in [-0.4, -0.2) is 15.0 Å². The molecule has 0 fully saturated rings. The molecule has 122 valence electrons. The van der Waals surface area contributed by atoms with Gasteiger partial charge in [0, 0.05) is 16.6 Å². The molecule has 0 spiro atoms. The van der Waals surface area contributed by atoms with Crippen molar-refractivity contribution in [2.24, 2.45) is 0 Å². The summed E-state index contributed by atoms with van der Waals surface area (Å²) >= 11 is 0. The molecule has 0 radical (unpaired) electrons. The van der Waals surface area contributed by atoms with Crippen LogP contribution in [0, 0.1) is 20.8 Å². The second kappa shape index (κ2) is 6.10. The van der Waals surface area contributed by atoms with Crippen LogP contribution in [0.5, 0.6) is 0 Å². The highest BCUT2D eigenvalue weighted by Gasteiger charge is 2.14. The van der Waals surface area contributed by atoms with Crippen molar-refractivity contribution in [1.82, 2.24) is 15.0 Å². The van der Waals surface area contributed by atoms with Crippen molar-refractivity contribution in [1.29, 1.82) is 0 Å². The van der Waals surface area contributed by atoms with Gasteiger partial charge in [-0.15, -0.1) is 0 Å². The van der Waals surface area contributed by atoms with E-state index < -0.39 is 0 Å². The number of hydrogen-bond donors (Lipinski definition) is 0. The third-order valence-electron chi connectivity index (χ3n) is 4.58. The number of para-hydroxylation sites is 1. The number of rotatable bonds is 2. The molecular formula is C22H19N3. The number of aromatic nitrogens is 3. The number of benzene rings is 2. The number of fused-ring (bicyclic) bond motifs is 1. The molecule has 2 heterocycles. The Labute approximate surface area is 147 Å². The van der Waals surface area contributed by atoms with E-state index in [0.717, 1.165) is 33.5 Å². The van der Waals surface area contributed by atoms with Crippen molar-refractivity contribution in [2.45, 2.75) is 20.8 Å². The Hall–Kier alpha value is -3.07. The lowest BCUT2D eigenvalue weighted by atomic mass is 9.98. The van der Waals surface area contributed by atoms with Crippen molar-refractivity contribution in [3.8, 4) is 22.8 Å². The molecular weight excluding hydrogens is 306 g/mol. The fraction of sp³-hybridized carbons (Fsp3) is 0.136. The van der Waals surface area contributed by atoms with Crippen LogP contribution in [0.15, 0.2) is 60.7 Å². The van der Waals surface area contributed by atoms with Gasteiger partial charge in [0.25, 0.3) is 0 Å². The van der Waals surface area contributed by atoms with Crippen molar-refractivity contribution in [3.63, 3.8) is 0 Å². The van der Waals surface area contributed by atoms with Gasteiger partial charge in [0.1, 0.15) is 5.69 Å². The summed E-state index contributed by atoms with van der Waals surface area (Å²) in [7, 11) is 0. The summed E-state index contributed by atoms with van der Waals surface area (Å²) in [5, 5.41) is 1.06. The first kappa shape index (κ1) is 15.5. The number of pyridine rings is 1. The van der Waals surface area contributed by atoms with E-state index in [2.05, 4.69) is 43.1 Å². The molecule has 0 atom stereocenters. The van der Waals surface area contributed by atoms with Crippen LogP contribution in [0.1, 0.15) is 16.8 Å². The third-order valence-corrected chi connectivity index (χ3v) is 4.58. The van der Waals surface area contributed by atoms with Crippen LogP contribution in [0.4, 0.5) is 0 Å². The third kappa shape index (κ3) is 2.78. The molecule has 3 heteroatoms. The van der Waals surface area contributed by atoms with Gasteiger partial charge in [0.05, 0.1) is 11.2 Å². The van der Waals surface area contributed by atoms with Crippen LogP contribution >= 0.6 is 0 Å². The fourth-order valence-corrected chi connectivity index (χ4v) is 3.07. The molecule has 3 nitrogen and oxygen atoms in total. The zero-order valence-electron chi connectivity index (χ0n) is 14.6. The summed E-state index contributed by atoms with van der Waals surface area (Å²) < 4.78 is 0. The highest BCUT2D eigenvalue weighted by atomic mass is 14.9. The second-order valence-corrected chi connectivity index (χ2v) is 6.32. The lowest BCUT2D eigenvalue weighted by molar-refractivity contribution is 1.14. The van der Waals surface area contributed by atoms with Gasteiger partial charge in [-0.05, 0) is 50.1 Å². The zero-order valence-corrected chi connectivity index (χ0v) is 14.6. The highest BCUT2D eigenvalue weighted by molar-refractivity contribution is 5.94. The second-order valence-electron chi connectivity index (χ2n) is 6.32.